The Bertz CT molecular complexity index is 968. The van der Waals surface area contributed by atoms with Gasteiger partial charge in [-0.15, -0.1) is 0 Å². The molecular formula is C23H30N2O5S. The summed E-state index contributed by atoms with van der Waals surface area (Å²) in [5.41, 5.74) is 1.10. The molecule has 3 rings (SSSR count). The highest BCUT2D eigenvalue weighted by molar-refractivity contribution is 7.89. The van der Waals surface area contributed by atoms with Crippen molar-refractivity contribution in [3.05, 3.63) is 54.1 Å². The van der Waals surface area contributed by atoms with E-state index in [1.165, 1.54) is 4.31 Å². The van der Waals surface area contributed by atoms with Gasteiger partial charge in [0.2, 0.25) is 10.0 Å². The largest absolute Gasteiger partial charge is 0.490 e. The summed E-state index contributed by atoms with van der Waals surface area (Å²) in [6, 6.07) is 14.2. The van der Waals surface area contributed by atoms with Gasteiger partial charge in [-0.25, -0.2) is 8.42 Å². The van der Waals surface area contributed by atoms with Crippen LogP contribution in [0.15, 0.2) is 53.4 Å². The summed E-state index contributed by atoms with van der Waals surface area (Å²) in [6.07, 6.45) is 1.99. The standard InChI is InChI=1S/C23H30N2O5S/c1-3-18-9-11-20(12-10-18)31(27,28)25-15-13-19(14-16-25)24-23(26)17-30-22-8-6-5-7-21(22)29-4-2/h5-12,19H,3-4,13-17H2,1-2H3,(H,24,26). The molecule has 0 radical (unpaired) electrons. The molecule has 1 amide bonds. The number of amides is 1. The third kappa shape index (κ3) is 5.98. The highest BCUT2D eigenvalue weighted by Gasteiger charge is 2.30. The van der Waals surface area contributed by atoms with Crippen molar-refractivity contribution < 1.29 is 22.7 Å². The Balaban J connectivity index is 1.49. The molecule has 8 heteroatoms. The average molecular weight is 447 g/mol. The predicted molar refractivity (Wildman–Crippen MR) is 119 cm³/mol. The van der Waals surface area contributed by atoms with Crippen LogP contribution in [-0.4, -0.2) is 51.0 Å². The number of para-hydroxylation sites is 2. The highest BCUT2D eigenvalue weighted by Crippen LogP contribution is 2.26. The zero-order valence-corrected chi connectivity index (χ0v) is 18.9. The van der Waals surface area contributed by atoms with Crippen LogP contribution in [0.3, 0.4) is 0 Å². The second-order valence-corrected chi connectivity index (χ2v) is 9.35. The molecule has 0 aliphatic carbocycles. The predicted octanol–water partition coefficient (Wildman–Crippen LogP) is 3.00. The van der Waals surface area contributed by atoms with E-state index >= 15 is 0 Å². The molecule has 1 heterocycles. The minimum absolute atomic E-state index is 0.0767. The molecule has 1 fully saturated rings. The van der Waals surface area contributed by atoms with Gasteiger partial charge in [0, 0.05) is 19.1 Å². The van der Waals surface area contributed by atoms with Crippen LogP contribution < -0.4 is 14.8 Å². The van der Waals surface area contributed by atoms with Crippen LogP contribution in [0.25, 0.3) is 0 Å². The fraction of sp³-hybridized carbons (Fsp3) is 0.435. The zero-order chi connectivity index (χ0) is 22.3. The number of aryl methyl sites for hydroxylation is 1. The van der Waals surface area contributed by atoms with Crippen molar-refractivity contribution in [1.82, 2.24) is 9.62 Å². The van der Waals surface area contributed by atoms with Gasteiger partial charge in [-0.3, -0.25) is 4.79 Å². The summed E-state index contributed by atoms with van der Waals surface area (Å²) in [6.45, 7) is 5.05. The lowest BCUT2D eigenvalue weighted by molar-refractivity contribution is -0.124. The number of benzene rings is 2. The number of carbonyl (C=O) groups is 1. The van der Waals surface area contributed by atoms with Gasteiger partial charge in [0.25, 0.3) is 5.91 Å². The van der Waals surface area contributed by atoms with Gasteiger partial charge in [-0.1, -0.05) is 31.2 Å². The Morgan fingerprint density at radius 2 is 1.61 bits per heavy atom. The summed E-state index contributed by atoms with van der Waals surface area (Å²) in [5, 5.41) is 2.94. The fourth-order valence-corrected chi connectivity index (χ4v) is 5.01. The van der Waals surface area contributed by atoms with Gasteiger partial charge < -0.3 is 14.8 Å². The number of rotatable bonds is 9. The molecule has 0 unspecified atom stereocenters. The summed E-state index contributed by atoms with van der Waals surface area (Å²) < 4.78 is 38.3. The Hall–Kier alpha value is -2.58. The van der Waals surface area contributed by atoms with Crippen molar-refractivity contribution in [1.29, 1.82) is 0 Å². The lowest BCUT2D eigenvalue weighted by Gasteiger charge is -2.31. The molecule has 0 saturated carbocycles. The first kappa shape index (κ1) is 23.1. The number of hydrogen-bond acceptors (Lipinski definition) is 5. The maximum atomic E-state index is 12.9. The first-order valence-electron chi connectivity index (χ1n) is 10.7. The third-order valence-corrected chi connectivity index (χ3v) is 7.21. The monoisotopic (exact) mass is 446 g/mol. The van der Waals surface area contributed by atoms with E-state index in [9.17, 15) is 13.2 Å². The summed E-state index contributed by atoms with van der Waals surface area (Å²) in [5.74, 6) is 0.889. The number of piperidine rings is 1. The molecule has 0 atom stereocenters. The molecule has 31 heavy (non-hydrogen) atoms. The van der Waals surface area contributed by atoms with Gasteiger partial charge in [0.1, 0.15) is 0 Å². The van der Waals surface area contributed by atoms with E-state index < -0.39 is 10.0 Å². The molecule has 1 N–H and O–H groups in total. The molecule has 7 nitrogen and oxygen atoms in total. The van der Waals surface area contributed by atoms with Crippen molar-refractivity contribution in [2.45, 2.75) is 44.0 Å². The Labute approximate surface area is 184 Å². The van der Waals surface area contributed by atoms with E-state index in [0.717, 1.165) is 12.0 Å². The fourth-order valence-electron chi connectivity index (χ4n) is 3.54. The first-order valence-corrected chi connectivity index (χ1v) is 12.1. The van der Waals surface area contributed by atoms with Crippen LogP contribution in [0.2, 0.25) is 0 Å². The molecule has 2 aromatic carbocycles. The van der Waals surface area contributed by atoms with E-state index in [4.69, 9.17) is 9.47 Å². The summed E-state index contributed by atoms with van der Waals surface area (Å²) >= 11 is 0. The summed E-state index contributed by atoms with van der Waals surface area (Å²) in [7, 11) is -3.51. The van der Waals surface area contributed by atoms with Crippen LogP contribution in [-0.2, 0) is 21.2 Å². The van der Waals surface area contributed by atoms with Crippen molar-refractivity contribution in [2.24, 2.45) is 0 Å². The minimum Gasteiger partial charge on any atom is -0.490 e. The lowest BCUT2D eigenvalue weighted by Crippen LogP contribution is -2.47. The lowest BCUT2D eigenvalue weighted by atomic mass is 10.1. The maximum absolute atomic E-state index is 12.9. The average Bonchev–Trinajstić information content (AvgIpc) is 2.79. The molecular weight excluding hydrogens is 416 g/mol. The second-order valence-electron chi connectivity index (χ2n) is 7.41. The number of sulfonamides is 1. The van der Waals surface area contributed by atoms with E-state index in [-0.39, 0.29) is 18.6 Å². The molecule has 2 aromatic rings. The Kier molecular flexibility index (Phi) is 7.92. The number of ether oxygens (including phenoxy) is 2. The topological polar surface area (TPSA) is 84.9 Å². The van der Waals surface area contributed by atoms with Crippen LogP contribution in [0.4, 0.5) is 0 Å². The Morgan fingerprint density at radius 1 is 1.00 bits per heavy atom. The molecule has 1 aliphatic heterocycles. The SMILES string of the molecule is CCOc1ccccc1OCC(=O)NC1CCN(S(=O)(=O)c2ccc(CC)cc2)CC1. The van der Waals surface area contributed by atoms with Crippen LogP contribution >= 0.6 is 0 Å². The molecule has 1 aliphatic rings. The van der Waals surface area contributed by atoms with Crippen molar-refractivity contribution >= 4 is 15.9 Å². The van der Waals surface area contributed by atoms with Gasteiger partial charge in [0.15, 0.2) is 18.1 Å². The van der Waals surface area contributed by atoms with Crippen molar-refractivity contribution in [2.75, 3.05) is 26.3 Å². The third-order valence-electron chi connectivity index (χ3n) is 5.30. The Morgan fingerprint density at radius 3 is 2.19 bits per heavy atom. The number of carbonyl (C=O) groups excluding carboxylic acids is 1. The van der Waals surface area contributed by atoms with E-state index in [2.05, 4.69) is 5.32 Å². The van der Waals surface area contributed by atoms with Gasteiger partial charge in [0.05, 0.1) is 11.5 Å². The van der Waals surface area contributed by atoms with E-state index in [1.807, 2.05) is 38.1 Å². The summed E-state index contributed by atoms with van der Waals surface area (Å²) in [4.78, 5) is 12.6. The van der Waals surface area contributed by atoms with E-state index in [1.54, 1.807) is 24.3 Å². The van der Waals surface area contributed by atoms with Crippen LogP contribution in [0.5, 0.6) is 11.5 Å². The highest BCUT2D eigenvalue weighted by atomic mass is 32.2. The second kappa shape index (κ2) is 10.6. The van der Waals surface area contributed by atoms with Crippen LogP contribution in [0.1, 0.15) is 32.3 Å². The molecule has 1 saturated heterocycles. The normalized spacial score (nSPS) is 15.4. The smallest absolute Gasteiger partial charge is 0.258 e. The van der Waals surface area contributed by atoms with Gasteiger partial charge in [-0.05, 0) is 56.0 Å². The number of nitrogens with zero attached hydrogens (tertiary/aromatic N) is 1. The van der Waals surface area contributed by atoms with Crippen LogP contribution in [0, 0.1) is 0 Å². The van der Waals surface area contributed by atoms with Crippen molar-refractivity contribution in [3.8, 4) is 11.5 Å². The zero-order valence-electron chi connectivity index (χ0n) is 18.0. The molecule has 0 spiro atoms. The van der Waals surface area contributed by atoms with Gasteiger partial charge in [-0.2, -0.15) is 4.31 Å². The first-order chi connectivity index (χ1) is 14.9. The number of nitrogens with one attached hydrogen (secondary N) is 1. The van der Waals surface area contributed by atoms with Crippen molar-refractivity contribution in [3.63, 3.8) is 0 Å². The van der Waals surface area contributed by atoms with E-state index in [0.29, 0.717) is 48.9 Å². The van der Waals surface area contributed by atoms with Gasteiger partial charge >= 0.3 is 0 Å². The molecule has 0 bridgehead atoms. The quantitative estimate of drug-likeness (QED) is 0.640. The minimum atomic E-state index is -3.51. The number of hydrogen-bond donors (Lipinski definition) is 1. The molecule has 168 valence electrons. The maximum Gasteiger partial charge on any atom is 0.258 e. The molecule has 0 aromatic heterocycles.